The van der Waals surface area contributed by atoms with Crippen LogP contribution in [0, 0.1) is 0 Å². The van der Waals surface area contributed by atoms with Crippen molar-refractivity contribution in [3.05, 3.63) is 29.8 Å². The van der Waals surface area contributed by atoms with Crippen LogP contribution in [0.4, 0.5) is 10.5 Å². The highest BCUT2D eigenvalue weighted by Gasteiger charge is 2.02. The van der Waals surface area contributed by atoms with Crippen LogP contribution in [0.2, 0.25) is 0 Å². The largest absolute Gasteiger partial charge is 0.338 e. The molecule has 1 aromatic carbocycles. The van der Waals surface area contributed by atoms with Gasteiger partial charge >= 0.3 is 6.03 Å². The summed E-state index contributed by atoms with van der Waals surface area (Å²) in [4.78, 5) is 11.7. The maximum Gasteiger partial charge on any atom is 0.319 e. The normalized spacial score (nSPS) is 10.7. The van der Waals surface area contributed by atoms with Crippen molar-refractivity contribution in [1.29, 1.82) is 0 Å². The molecule has 118 valence electrons. The topological polar surface area (TPSA) is 41.1 Å². The molecular weight excluding hydrogens is 260 g/mol. The van der Waals surface area contributed by atoms with Crippen LogP contribution in [0.1, 0.15) is 70.8 Å². The van der Waals surface area contributed by atoms with E-state index in [9.17, 15) is 4.79 Å². The summed E-state index contributed by atoms with van der Waals surface area (Å²) >= 11 is 0. The Labute approximate surface area is 129 Å². The number of nitrogens with one attached hydrogen (secondary N) is 2. The number of anilines is 1. The van der Waals surface area contributed by atoms with Gasteiger partial charge in [0.15, 0.2) is 0 Å². The van der Waals surface area contributed by atoms with Crippen molar-refractivity contribution >= 4 is 11.7 Å². The highest BCUT2D eigenvalue weighted by molar-refractivity contribution is 5.89. The molecule has 0 aliphatic carbocycles. The van der Waals surface area contributed by atoms with Crippen LogP contribution in [0.15, 0.2) is 24.3 Å². The predicted octanol–water partition coefficient (Wildman–Crippen LogP) is 5.29. The number of hydrogen-bond donors (Lipinski definition) is 2. The second-order valence-corrected chi connectivity index (χ2v) is 5.93. The number of amides is 2. The maximum atomic E-state index is 11.7. The second-order valence-electron chi connectivity index (χ2n) is 5.93. The fraction of sp³-hybridized carbons (Fsp3) is 0.611. The average Bonchev–Trinajstić information content (AvgIpc) is 2.47. The molecule has 2 amide bonds. The zero-order valence-corrected chi connectivity index (χ0v) is 13.7. The molecule has 2 N–H and O–H groups in total. The summed E-state index contributed by atoms with van der Waals surface area (Å²) in [7, 11) is 0. The smallest absolute Gasteiger partial charge is 0.319 e. The monoisotopic (exact) mass is 290 g/mol. The standard InChI is InChI=1S/C18H30N2O/c1-4-5-6-7-8-9-14-19-18(21)20-17-12-10-16(11-13-17)15(2)3/h10-13,15H,4-9,14H2,1-3H3,(H2,19,20,21). The SMILES string of the molecule is CCCCCCCCNC(=O)Nc1ccc(C(C)C)cc1. The molecule has 0 saturated heterocycles. The molecule has 0 aliphatic rings. The molecule has 0 unspecified atom stereocenters. The van der Waals surface area contributed by atoms with Crippen LogP contribution in [-0.4, -0.2) is 12.6 Å². The number of hydrogen-bond acceptors (Lipinski definition) is 1. The Bertz CT molecular complexity index is 398. The summed E-state index contributed by atoms with van der Waals surface area (Å²) in [5.74, 6) is 0.514. The molecule has 0 heterocycles. The fourth-order valence-electron chi connectivity index (χ4n) is 2.23. The molecule has 0 spiro atoms. The Balaban J connectivity index is 2.15. The summed E-state index contributed by atoms with van der Waals surface area (Å²) in [5, 5.41) is 5.78. The Kier molecular flexibility index (Phi) is 8.56. The van der Waals surface area contributed by atoms with Gasteiger partial charge in [0.2, 0.25) is 0 Å². The lowest BCUT2D eigenvalue weighted by molar-refractivity contribution is 0.252. The third-order valence-electron chi connectivity index (χ3n) is 3.65. The number of carbonyl (C=O) groups is 1. The summed E-state index contributed by atoms with van der Waals surface area (Å²) in [5.41, 5.74) is 2.13. The van der Waals surface area contributed by atoms with Gasteiger partial charge in [0, 0.05) is 12.2 Å². The summed E-state index contributed by atoms with van der Waals surface area (Å²) in [6, 6.07) is 7.93. The van der Waals surface area contributed by atoms with Gasteiger partial charge in [-0.3, -0.25) is 0 Å². The van der Waals surface area contributed by atoms with Crippen LogP contribution < -0.4 is 10.6 Å². The lowest BCUT2D eigenvalue weighted by atomic mass is 10.0. The Morgan fingerprint density at radius 3 is 2.24 bits per heavy atom. The quantitative estimate of drug-likeness (QED) is 0.596. The second kappa shape index (κ2) is 10.3. The maximum absolute atomic E-state index is 11.7. The zero-order chi connectivity index (χ0) is 15.5. The third kappa shape index (κ3) is 7.74. The van der Waals surface area contributed by atoms with Crippen molar-refractivity contribution in [2.45, 2.75) is 65.2 Å². The first-order chi connectivity index (χ1) is 10.1. The summed E-state index contributed by atoms with van der Waals surface area (Å²) < 4.78 is 0. The molecule has 0 aromatic heterocycles. The van der Waals surface area contributed by atoms with E-state index in [2.05, 4.69) is 43.5 Å². The van der Waals surface area contributed by atoms with E-state index in [1.165, 1.54) is 37.7 Å². The van der Waals surface area contributed by atoms with E-state index in [1.54, 1.807) is 0 Å². The van der Waals surface area contributed by atoms with Gasteiger partial charge in [0.05, 0.1) is 0 Å². The van der Waals surface area contributed by atoms with Gasteiger partial charge in [-0.15, -0.1) is 0 Å². The van der Waals surface area contributed by atoms with Crippen molar-refractivity contribution in [3.8, 4) is 0 Å². The van der Waals surface area contributed by atoms with E-state index in [-0.39, 0.29) is 6.03 Å². The van der Waals surface area contributed by atoms with Crippen molar-refractivity contribution in [2.75, 3.05) is 11.9 Å². The Morgan fingerprint density at radius 2 is 1.62 bits per heavy atom. The first kappa shape index (κ1) is 17.5. The average molecular weight is 290 g/mol. The molecule has 0 aliphatic heterocycles. The number of carbonyl (C=O) groups excluding carboxylic acids is 1. The van der Waals surface area contributed by atoms with Crippen LogP contribution in [0.3, 0.4) is 0 Å². The minimum Gasteiger partial charge on any atom is -0.338 e. The number of benzene rings is 1. The number of urea groups is 1. The molecule has 21 heavy (non-hydrogen) atoms. The molecule has 3 nitrogen and oxygen atoms in total. The van der Waals surface area contributed by atoms with Gasteiger partial charge < -0.3 is 10.6 Å². The number of unbranched alkanes of at least 4 members (excludes halogenated alkanes) is 5. The van der Waals surface area contributed by atoms with E-state index in [1.807, 2.05) is 12.1 Å². The molecule has 0 saturated carbocycles. The van der Waals surface area contributed by atoms with Crippen LogP contribution in [0.5, 0.6) is 0 Å². The lowest BCUT2D eigenvalue weighted by Gasteiger charge is -2.09. The van der Waals surface area contributed by atoms with Gasteiger partial charge in [0.25, 0.3) is 0 Å². The molecule has 0 bridgehead atoms. The first-order valence-electron chi connectivity index (χ1n) is 8.28. The number of rotatable bonds is 9. The molecule has 0 fully saturated rings. The van der Waals surface area contributed by atoms with Crippen molar-refractivity contribution in [1.82, 2.24) is 5.32 Å². The van der Waals surface area contributed by atoms with Crippen molar-refractivity contribution in [2.24, 2.45) is 0 Å². The third-order valence-corrected chi connectivity index (χ3v) is 3.65. The van der Waals surface area contributed by atoms with E-state index in [4.69, 9.17) is 0 Å². The minimum atomic E-state index is -0.110. The van der Waals surface area contributed by atoms with Crippen LogP contribution in [0.25, 0.3) is 0 Å². The van der Waals surface area contributed by atoms with Crippen molar-refractivity contribution < 1.29 is 4.79 Å². The van der Waals surface area contributed by atoms with E-state index in [0.717, 1.165) is 18.7 Å². The molecule has 0 atom stereocenters. The molecule has 0 radical (unpaired) electrons. The van der Waals surface area contributed by atoms with Gasteiger partial charge in [-0.2, -0.15) is 0 Å². The van der Waals surface area contributed by atoms with Gasteiger partial charge in [0.1, 0.15) is 0 Å². The lowest BCUT2D eigenvalue weighted by Crippen LogP contribution is -2.29. The Hall–Kier alpha value is -1.51. The molecular formula is C18H30N2O. The van der Waals surface area contributed by atoms with Crippen molar-refractivity contribution in [3.63, 3.8) is 0 Å². The highest BCUT2D eigenvalue weighted by atomic mass is 16.2. The van der Waals surface area contributed by atoms with Gasteiger partial charge in [-0.1, -0.05) is 65.0 Å². The Morgan fingerprint density at radius 1 is 1.00 bits per heavy atom. The summed E-state index contributed by atoms with van der Waals surface area (Å²) in [6.45, 7) is 7.30. The van der Waals surface area contributed by atoms with E-state index in [0.29, 0.717) is 5.92 Å². The minimum absolute atomic E-state index is 0.110. The predicted molar refractivity (Wildman–Crippen MR) is 90.9 cm³/mol. The van der Waals surface area contributed by atoms with Crippen LogP contribution in [-0.2, 0) is 0 Å². The zero-order valence-electron chi connectivity index (χ0n) is 13.7. The van der Waals surface area contributed by atoms with Gasteiger partial charge in [-0.05, 0) is 30.0 Å². The summed E-state index contributed by atoms with van der Waals surface area (Å²) in [6.07, 6.45) is 7.43. The first-order valence-corrected chi connectivity index (χ1v) is 8.28. The molecule has 1 rings (SSSR count). The van der Waals surface area contributed by atoms with E-state index >= 15 is 0 Å². The van der Waals surface area contributed by atoms with Crippen LogP contribution >= 0.6 is 0 Å². The highest BCUT2D eigenvalue weighted by Crippen LogP contribution is 2.16. The molecule has 3 heteroatoms. The molecule has 1 aromatic rings. The van der Waals surface area contributed by atoms with E-state index < -0.39 is 0 Å². The fourth-order valence-corrected chi connectivity index (χ4v) is 2.23. The van der Waals surface area contributed by atoms with Gasteiger partial charge in [-0.25, -0.2) is 4.79 Å².